The molecule has 0 amide bonds. The third-order valence-corrected chi connectivity index (χ3v) is 6.98. The highest BCUT2D eigenvalue weighted by molar-refractivity contribution is 5.75. The predicted octanol–water partition coefficient (Wildman–Crippen LogP) is 4.28. The van der Waals surface area contributed by atoms with Gasteiger partial charge in [-0.05, 0) is 82.4 Å². The van der Waals surface area contributed by atoms with Crippen LogP contribution in [-0.4, -0.2) is 51.5 Å². The molecular formula is C25H33N5. The molecule has 158 valence electrons. The lowest BCUT2D eigenvalue weighted by Gasteiger charge is -2.33. The SMILES string of the molecule is CN1CCC[C@H](Cn2c(CN(C)[C@@H]3CCCc4cccnc43)nc3ccccc32)C1. The van der Waals surface area contributed by atoms with Gasteiger partial charge in [0.05, 0.1) is 29.3 Å². The van der Waals surface area contributed by atoms with Gasteiger partial charge < -0.3 is 9.47 Å². The van der Waals surface area contributed by atoms with Crippen LogP contribution in [0.25, 0.3) is 11.0 Å². The normalized spacial score (nSPS) is 22.5. The number of imidazole rings is 1. The second kappa shape index (κ2) is 8.48. The Morgan fingerprint density at radius 2 is 2.00 bits per heavy atom. The van der Waals surface area contributed by atoms with Crippen LogP contribution in [0.15, 0.2) is 42.6 Å². The van der Waals surface area contributed by atoms with E-state index in [0.29, 0.717) is 12.0 Å². The minimum atomic E-state index is 0.379. The van der Waals surface area contributed by atoms with Crippen molar-refractivity contribution in [1.82, 2.24) is 24.3 Å². The molecule has 5 rings (SSSR count). The fourth-order valence-electron chi connectivity index (χ4n) is 5.48. The number of aryl methyl sites for hydroxylation is 1. The third-order valence-electron chi connectivity index (χ3n) is 6.98. The quantitative estimate of drug-likeness (QED) is 0.637. The number of benzene rings is 1. The van der Waals surface area contributed by atoms with E-state index in [1.807, 2.05) is 6.20 Å². The highest BCUT2D eigenvalue weighted by Crippen LogP contribution is 2.33. The first-order chi connectivity index (χ1) is 14.7. The van der Waals surface area contributed by atoms with Crippen molar-refractivity contribution < 1.29 is 0 Å². The topological polar surface area (TPSA) is 37.2 Å². The number of likely N-dealkylation sites (tertiary alicyclic amines) is 1. The number of hydrogen-bond acceptors (Lipinski definition) is 4. The second-order valence-electron chi connectivity index (χ2n) is 9.27. The van der Waals surface area contributed by atoms with Crippen molar-refractivity contribution in [2.24, 2.45) is 5.92 Å². The summed E-state index contributed by atoms with van der Waals surface area (Å²) in [5, 5.41) is 0. The molecule has 0 saturated carbocycles. The van der Waals surface area contributed by atoms with E-state index in [2.05, 4.69) is 64.9 Å². The first-order valence-corrected chi connectivity index (χ1v) is 11.5. The van der Waals surface area contributed by atoms with E-state index in [0.717, 1.165) is 25.0 Å². The first-order valence-electron chi connectivity index (χ1n) is 11.5. The zero-order chi connectivity index (χ0) is 20.5. The van der Waals surface area contributed by atoms with Crippen molar-refractivity contribution >= 4 is 11.0 Å². The van der Waals surface area contributed by atoms with E-state index < -0.39 is 0 Å². The molecule has 1 fully saturated rings. The molecular weight excluding hydrogens is 370 g/mol. The molecule has 1 aliphatic heterocycles. The number of piperidine rings is 1. The van der Waals surface area contributed by atoms with Gasteiger partial charge in [0.25, 0.3) is 0 Å². The van der Waals surface area contributed by atoms with Gasteiger partial charge in [-0.2, -0.15) is 0 Å². The van der Waals surface area contributed by atoms with Crippen LogP contribution in [0.5, 0.6) is 0 Å². The summed E-state index contributed by atoms with van der Waals surface area (Å²) in [6.07, 6.45) is 8.12. The number of nitrogens with zero attached hydrogens (tertiary/aromatic N) is 5. The molecule has 1 aromatic carbocycles. The predicted molar refractivity (Wildman–Crippen MR) is 121 cm³/mol. The molecule has 5 nitrogen and oxygen atoms in total. The Labute approximate surface area is 179 Å². The maximum Gasteiger partial charge on any atom is 0.124 e. The lowest BCUT2D eigenvalue weighted by Crippen LogP contribution is -2.35. The van der Waals surface area contributed by atoms with E-state index in [1.165, 1.54) is 61.4 Å². The third kappa shape index (κ3) is 3.88. The number of aromatic nitrogens is 3. The van der Waals surface area contributed by atoms with Gasteiger partial charge in [-0.15, -0.1) is 0 Å². The zero-order valence-electron chi connectivity index (χ0n) is 18.3. The first kappa shape index (κ1) is 19.7. The molecule has 2 aliphatic rings. The Hall–Kier alpha value is -2.24. The summed E-state index contributed by atoms with van der Waals surface area (Å²) in [6, 6.07) is 13.3. The molecule has 2 atom stereocenters. The van der Waals surface area contributed by atoms with Gasteiger partial charge in [0, 0.05) is 19.3 Å². The summed E-state index contributed by atoms with van der Waals surface area (Å²) < 4.78 is 2.50. The molecule has 3 aromatic rings. The van der Waals surface area contributed by atoms with Gasteiger partial charge in [0.15, 0.2) is 0 Å². The molecule has 0 unspecified atom stereocenters. The molecule has 5 heteroatoms. The van der Waals surface area contributed by atoms with Crippen molar-refractivity contribution in [3.8, 4) is 0 Å². The molecule has 0 spiro atoms. The molecule has 1 saturated heterocycles. The number of hydrogen-bond donors (Lipinski definition) is 0. The smallest absolute Gasteiger partial charge is 0.124 e. The molecule has 3 heterocycles. The maximum atomic E-state index is 5.08. The van der Waals surface area contributed by atoms with Gasteiger partial charge in [0.2, 0.25) is 0 Å². The fraction of sp³-hybridized carbons (Fsp3) is 0.520. The Kier molecular flexibility index (Phi) is 5.57. The zero-order valence-corrected chi connectivity index (χ0v) is 18.3. The number of fused-ring (bicyclic) bond motifs is 2. The van der Waals surface area contributed by atoms with Gasteiger partial charge >= 0.3 is 0 Å². The maximum absolute atomic E-state index is 5.08. The summed E-state index contributed by atoms with van der Waals surface area (Å²) in [5.41, 5.74) is 5.07. The summed E-state index contributed by atoms with van der Waals surface area (Å²) in [5.74, 6) is 1.89. The molecule has 2 aromatic heterocycles. The van der Waals surface area contributed by atoms with Crippen LogP contribution < -0.4 is 0 Å². The Balaban J connectivity index is 1.43. The van der Waals surface area contributed by atoms with Crippen LogP contribution in [0.2, 0.25) is 0 Å². The van der Waals surface area contributed by atoms with Crippen molar-refractivity contribution in [2.75, 3.05) is 27.2 Å². The van der Waals surface area contributed by atoms with E-state index in [9.17, 15) is 0 Å². The van der Waals surface area contributed by atoms with Crippen LogP contribution in [0, 0.1) is 5.92 Å². The van der Waals surface area contributed by atoms with Crippen LogP contribution in [0.4, 0.5) is 0 Å². The number of para-hydroxylation sites is 2. The monoisotopic (exact) mass is 403 g/mol. The van der Waals surface area contributed by atoms with Crippen molar-refractivity contribution in [1.29, 1.82) is 0 Å². The van der Waals surface area contributed by atoms with E-state index >= 15 is 0 Å². The van der Waals surface area contributed by atoms with Crippen LogP contribution in [0.1, 0.15) is 48.8 Å². The Morgan fingerprint density at radius 3 is 2.90 bits per heavy atom. The van der Waals surface area contributed by atoms with Crippen LogP contribution >= 0.6 is 0 Å². The largest absolute Gasteiger partial charge is 0.327 e. The fourth-order valence-corrected chi connectivity index (χ4v) is 5.48. The van der Waals surface area contributed by atoms with Crippen LogP contribution in [0.3, 0.4) is 0 Å². The molecule has 0 radical (unpaired) electrons. The van der Waals surface area contributed by atoms with E-state index in [4.69, 9.17) is 9.97 Å². The van der Waals surface area contributed by atoms with Gasteiger partial charge in [-0.25, -0.2) is 4.98 Å². The van der Waals surface area contributed by atoms with Crippen molar-refractivity contribution in [3.63, 3.8) is 0 Å². The summed E-state index contributed by atoms with van der Waals surface area (Å²) >= 11 is 0. The standard InChI is InChI=1S/C25H33N5/c1-28-15-7-8-19(16-28)17-30-22-12-4-3-11-21(22)27-24(30)18-29(2)23-13-5-9-20-10-6-14-26-25(20)23/h3-4,6,10-12,14,19,23H,5,7-9,13,15-18H2,1-2H3/t19-,23+/m0/s1. The minimum Gasteiger partial charge on any atom is -0.327 e. The molecule has 30 heavy (non-hydrogen) atoms. The van der Waals surface area contributed by atoms with E-state index in [-0.39, 0.29) is 0 Å². The second-order valence-corrected chi connectivity index (χ2v) is 9.27. The number of pyridine rings is 1. The minimum absolute atomic E-state index is 0.379. The average molecular weight is 404 g/mol. The molecule has 0 N–H and O–H groups in total. The summed E-state index contributed by atoms with van der Waals surface area (Å²) in [4.78, 5) is 14.8. The Morgan fingerprint density at radius 1 is 1.10 bits per heavy atom. The van der Waals surface area contributed by atoms with Gasteiger partial charge in [0.1, 0.15) is 5.82 Å². The Bertz CT molecular complexity index is 1010. The van der Waals surface area contributed by atoms with Crippen molar-refractivity contribution in [3.05, 3.63) is 59.7 Å². The highest BCUT2D eigenvalue weighted by atomic mass is 15.2. The van der Waals surface area contributed by atoms with Gasteiger partial charge in [-0.1, -0.05) is 18.2 Å². The highest BCUT2D eigenvalue weighted by Gasteiger charge is 2.27. The number of rotatable bonds is 5. The van der Waals surface area contributed by atoms with Crippen molar-refractivity contribution in [2.45, 2.75) is 51.2 Å². The lowest BCUT2D eigenvalue weighted by atomic mass is 9.91. The van der Waals surface area contributed by atoms with E-state index in [1.54, 1.807) is 0 Å². The lowest BCUT2D eigenvalue weighted by molar-refractivity contribution is 0.184. The molecule has 0 bridgehead atoms. The average Bonchev–Trinajstić information content (AvgIpc) is 3.10. The summed E-state index contributed by atoms with van der Waals surface area (Å²) in [7, 11) is 4.49. The van der Waals surface area contributed by atoms with Crippen LogP contribution in [-0.2, 0) is 19.5 Å². The summed E-state index contributed by atoms with van der Waals surface area (Å²) in [6.45, 7) is 4.33. The van der Waals surface area contributed by atoms with Gasteiger partial charge in [-0.3, -0.25) is 9.88 Å². The molecule has 1 aliphatic carbocycles.